The number of anilines is 2. The van der Waals surface area contributed by atoms with Crippen LogP contribution in [0.25, 0.3) is 0 Å². The number of nitrogens with one attached hydrogen (secondary N) is 1. The average Bonchev–Trinajstić information content (AvgIpc) is 2.55. The van der Waals surface area contributed by atoms with Gasteiger partial charge < -0.3 is 21.7 Å². The third-order valence-electron chi connectivity index (χ3n) is 2.01. The van der Waals surface area contributed by atoms with Crippen molar-refractivity contribution in [2.45, 2.75) is 0 Å². The lowest BCUT2D eigenvalue weighted by atomic mass is 10.2. The van der Waals surface area contributed by atoms with Crippen molar-refractivity contribution in [3.8, 4) is 0 Å². The van der Waals surface area contributed by atoms with Crippen molar-refractivity contribution in [2.24, 2.45) is 5.73 Å². The quantitative estimate of drug-likeness (QED) is 0.686. The zero-order valence-corrected chi connectivity index (χ0v) is 10.1. The molecule has 0 fully saturated rings. The van der Waals surface area contributed by atoms with Crippen LogP contribution in [0.5, 0.6) is 0 Å². The van der Waals surface area contributed by atoms with E-state index in [1.807, 2.05) is 0 Å². The molecular weight excluding hydrogens is 228 g/mol. The molecule has 88 valence electrons. The van der Waals surface area contributed by atoms with Gasteiger partial charge in [-0.25, -0.2) is 0 Å². The molecule has 1 heterocycles. The van der Waals surface area contributed by atoms with E-state index < -0.39 is 5.91 Å². The van der Waals surface area contributed by atoms with E-state index in [0.29, 0.717) is 9.88 Å². The minimum Gasteiger partial charge on any atom is -0.397 e. The van der Waals surface area contributed by atoms with Crippen LogP contribution in [0.15, 0.2) is 0 Å². The molecule has 0 saturated carbocycles. The number of hydrogen-bond acceptors (Lipinski definition) is 5. The van der Waals surface area contributed by atoms with Gasteiger partial charge in [0.05, 0.1) is 11.3 Å². The maximum absolute atomic E-state index is 11.5. The van der Waals surface area contributed by atoms with Crippen molar-refractivity contribution in [1.82, 2.24) is 5.32 Å². The van der Waals surface area contributed by atoms with Gasteiger partial charge in [0.15, 0.2) is 0 Å². The zero-order valence-electron chi connectivity index (χ0n) is 9.33. The third-order valence-corrected chi connectivity index (χ3v) is 3.38. The minimum atomic E-state index is -0.632. The second-order valence-electron chi connectivity index (χ2n) is 3.36. The van der Waals surface area contributed by atoms with Gasteiger partial charge in [-0.05, 0) is 0 Å². The molecule has 0 bridgehead atoms. The Morgan fingerprint density at radius 3 is 2.25 bits per heavy atom. The maximum atomic E-state index is 11.5. The van der Waals surface area contributed by atoms with Crippen LogP contribution in [0.4, 0.5) is 10.7 Å². The number of nitrogens with two attached hydrogens (primary N) is 2. The molecule has 0 atom stereocenters. The number of nitrogen functional groups attached to an aromatic ring is 1. The van der Waals surface area contributed by atoms with Crippen LogP contribution in [0.2, 0.25) is 0 Å². The van der Waals surface area contributed by atoms with Crippen LogP contribution >= 0.6 is 11.3 Å². The van der Waals surface area contributed by atoms with Gasteiger partial charge in [0.25, 0.3) is 11.8 Å². The van der Waals surface area contributed by atoms with Crippen molar-refractivity contribution in [3.63, 3.8) is 0 Å². The highest BCUT2D eigenvalue weighted by molar-refractivity contribution is 7.19. The highest BCUT2D eigenvalue weighted by atomic mass is 32.1. The van der Waals surface area contributed by atoms with E-state index in [0.717, 1.165) is 11.3 Å². The second kappa shape index (κ2) is 4.40. The number of primary amides is 1. The number of rotatable bonds is 3. The first-order chi connectivity index (χ1) is 7.40. The third kappa shape index (κ3) is 1.94. The van der Waals surface area contributed by atoms with Gasteiger partial charge in [-0.2, -0.15) is 0 Å². The standard InChI is InChI=1S/C9H14N4O2S/c1-12-8(15)6-5(10)4(7(11)14)9(16-6)13(2)3/h10H2,1-3H3,(H2,11,14)(H,12,15). The average molecular weight is 242 g/mol. The Hall–Kier alpha value is -1.76. The molecule has 16 heavy (non-hydrogen) atoms. The summed E-state index contributed by atoms with van der Waals surface area (Å²) in [7, 11) is 5.01. The lowest BCUT2D eigenvalue weighted by molar-refractivity contribution is 0.0967. The molecular formula is C9H14N4O2S. The highest BCUT2D eigenvalue weighted by Gasteiger charge is 2.24. The lowest BCUT2D eigenvalue weighted by Gasteiger charge is -2.10. The second-order valence-corrected chi connectivity index (χ2v) is 4.36. The molecule has 0 aliphatic heterocycles. The summed E-state index contributed by atoms with van der Waals surface area (Å²) in [5.74, 6) is -0.953. The van der Waals surface area contributed by atoms with Crippen molar-refractivity contribution in [3.05, 3.63) is 10.4 Å². The van der Waals surface area contributed by atoms with Crippen LogP contribution in [-0.4, -0.2) is 33.0 Å². The maximum Gasteiger partial charge on any atom is 0.263 e. The van der Waals surface area contributed by atoms with Crippen LogP contribution < -0.4 is 21.7 Å². The van der Waals surface area contributed by atoms with E-state index in [-0.39, 0.29) is 17.2 Å². The molecule has 0 aliphatic rings. The van der Waals surface area contributed by atoms with E-state index in [9.17, 15) is 9.59 Å². The number of nitrogens with zero attached hydrogens (tertiary/aromatic N) is 1. The predicted molar refractivity (Wildman–Crippen MR) is 65.0 cm³/mol. The summed E-state index contributed by atoms with van der Waals surface area (Å²) in [6, 6.07) is 0. The van der Waals surface area contributed by atoms with Crippen LogP contribution in [-0.2, 0) is 0 Å². The van der Waals surface area contributed by atoms with Crippen LogP contribution in [0.1, 0.15) is 20.0 Å². The minimum absolute atomic E-state index is 0.139. The highest BCUT2D eigenvalue weighted by Crippen LogP contribution is 2.36. The van der Waals surface area contributed by atoms with E-state index >= 15 is 0 Å². The summed E-state index contributed by atoms with van der Waals surface area (Å²) < 4.78 is 0. The van der Waals surface area contributed by atoms with Gasteiger partial charge in [0.1, 0.15) is 9.88 Å². The Morgan fingerprint density at radius 1 is 1.38 bits per heavy atom. The largest absolute Gasteiger partial charge is 0.397 e. The fourth-order valence-corrected chi connectivity index (χ4v) is 2.36. The Morgan fingerprint density at radius 2 is 1.94 bits per heavy atom. The normalized spacial score (nSPS) is 9.94. The first-order valence-electron chi connectivity index (χ1n) is 4.51. The molecule has 0 radical (unpaired) electrons. The van der Waals surface area contributed by atoms with E-state index in [1.165, 1.54) is 7.05 Å². The van der Waals surface area contributed by atoms with Crippen LogP contribution in [0, 0.1) is 0 Å². The molecule has 0 aliphatic carbocycles. The molecule has 0 unspecified atom stereocenters. The number of thiophene rings is 1. The number of hydrogen-bond donors (Lipinski definition) is 3. The van der Waals surface area contributed by atoms with Crippen molar-refractivity contribution in [2.75, 3.05) is 31.8 Å². The molecule has 6 nitrogen and oxygen atoms in total. The SMILES string of the molecule is CNC(=O)c1sc(N(C)C)c(C(N)=O)c1N. The smallest absolute Gasteiger partial charge is 0.263 e. The molecule has 2 amide bonds. The Balaban J connectivity index is 3.41. The molecule has 1 rings (SSSR count). The molecule has 1 aromatic rings. The monoisotopic (exact) mass is 242 g/mol. The van der Waals surface area contributed by atoms with Gasteiger partial charge in [0, 0.05) is 21.1 Å². The first-order valence-corrected chi connectivity index (χ1v) is 5.33. The number of amides is 2. The summed E-state index contributed by atoms with van der Waals surface area (Å²) in [5.41, 5.74) is 11.3. The van der Waals surface area contributed by atoms with E-state index in [4.69, 9.17) is 11.5 Å². The molecule has 1 aromatic heterocycles. The zero-order chi connectivity index (χ0) is 12.5. The van der Waals surface area contributed by atoms with E-state index in [2.05, 4.69) is 5.32 Å². The summed E-state index contributed by atoms with van der Waals surface area (Å²) in [4.78, 5) is 24.8. The Kier molecular flexibility index (Phi) is 3.38. The summed E-state index contributed by atoms with van der Waals surface area (Å²) in [5, 5.41) is 3.05. The first kappa shape index (κ1) is 12.3. The van der Waals surface area contributed by atoms with Crippen molar-refractivity contribution >= 4 is 33.8 Å². The Bertz CT molecular complexity index is 439. The fourth-order valence-electron chi connectivity index (χ4n) is 1.27. The Labute approximate surface area is 97.2 Å². The van der Waals surface area contributed by atoms with Gasteiger partial charge in [-0.15, -0.1) is 11.3 Å². The number of carbonyl (C=O) groups is 2. The lowest BCUT2D eigenvalue weighted by Crippen LogP contribution is -2.19. The topological polar surface area (TPSA) is 101 Å². The van der Waals surface area contributed by atoms with Gasteiger partial charge in [-0.1, -0.05) is 0 Å². The molecule has 7 heteroatoms. The van der Waals surface area contributed by atoms with Crippen LogP contribution in [0.3, 0.4) is 0 Å². The van der Waals surface area contributed by atoms with Crippen molar-refractivity contribution in [1.29, 1.82) is 0 Å². The molecule has 5 N–H and O–H groups in total. The fraction of sp³-hybridized carbons (Fsp3) is 0.333. The van der Waals surface area contributed by atoms with Gasteiger partial charge >= 0.3 is 0 Å². The molecule has 0 saturated heterocycles. The predicted octanol–water partition coefficient (Wildman–Crippen LogP) is -0.145. The summed E-state index contributed by atoms with van der Waals surface area (Å²) >= 11 is 1.14. The van der Waals surface area contributed by atoms with Gasteiger partial charge in [0.2, 0.25) is 0 Å². The molecule has 0 spiro atoms. The summed E-state index contributed by atoms with van der Waals surface area (Å²) in [6.45, 7) is 0. The van der Waals surface area contributed by atoms with Gasteiger partial charge in [-0.3, -0.25) is 9.59 Å². The molecule has 0 aromatic carbocycles. The van der Waals surface area contributed by atoms with Crippen molar-refractivity contribution < 1.29 is 9.59 Å². The van der Waals surface area contributed by atoms with E-state index in [1.54, 1.807) is 19.0 Å². The number of carbonyl (C=O) groups excluding carboxylic acids is 2. The summed E-state index contributed by atoms with van der Waals surface area (Å²) in [6.07, 6.45) is 0.